The van der Waals surface area contributed by atoms with Gasteiger partial charge in [-0.05, 0) is 38.1 Å². The molecular formula is C15H19BrN2O4. The Kier molecular flexibility index (Phi) is 6.55. The lowest BCUT2D eigenvalue weighted by Crippen LogP contribution is -2.43. The number of carbonyl (C=O) groups excluding carboxylic acids is 3. The van der Waals surface area contributed by atoms with Crippen molar-refractivity contribution in [1.82, 2.24) is 10.2 Å². The zero-order valence-electron chi connectivity index (χ0n) is 12.9. The highest BCUT2D eigenvalue weighted by Gasteiger charge is 2.24. The standard InChI is InChI=1S/C15H19BrN2O4/c1-9(15(21)22-10(2)14(20)18(3)4)17-13(19)11-5-7-12(16)8-6-11/h5-10H,1-4H3,(H,17,19)/t9-,10+/m0/s1. The van der Waals surface area contributed by atoms with Gasteiger partial charge in [-0.3, -0.25) is 9.59 Å². The number of likely N-dealkylation sites (N-methyl/N-ethyl adjacent to an activating group) is 1. The van der Waals surface area contributed by atoms with Crippen LogP contribution in [-0.4, -0.2) is 48.9 Å². The molecule has 22 heavy (non-hydrogen) atoms. The molecule has 0 saturated heterocycles. The second kappa shape index (κ2) is 7.93. The first-order valence-electron chi connectivity index (χ1n) is 6.70. The smallest absolute Gasteiger partial charge is 0.329 e. The molecule has 0 aliphatic carbocycles. The van der Waals surface area contributed by atoms with Crippen LogP contribution in [0.5, 0.6) is 0 Å². The Morgan fingerprint density at radius 2 is 1.68 bits per heavy atom. The number of hydrogen-bond donors (Lipinski definition) is 1. The first kappa shape index (κ1) is 18.2. The number of rotatable bonds is 5. The van der Waals surface area contributed by atoms with Crippen LogP contribution in [0.3, 0.4) is 0 Å². The predicted octanol–water partition coefficient (Wildman–Crippen LogP) is 1.59. The van der Waals surface area contributed by atoms with Crippen LogP contribution in [-0.2, 0) is 14.3 Å². The highest BCUT2D eigenvalue weighted by atomic mass is 79.9. The second-order valence-electron chi connectivity index (χ2n) is 5.01. The molecule has 0 heterocycles. The van der Waals surface area contributed by atoms with Crippen LogP contribution in [0.4, 0.5) is 0 Å². The number of ether oxygens (including phenoxy) is 1. The van der Waals surface area contributed by atoms with E-state index >= 15 is 0 Å². The summed E-state index contributed by atoms with van der Waals surface area (Å²) < 4.78 is 5.89. The summed E-state index contributed by atoms with van der Waals surface area (Å²) in [5, 5.41) is 2.54. The summed E-state index contributed by atoms with van der Waals surface area (Å²) in [7, 11) is 3.15. The predicted molar refractivity (Wildman–Crippen MR) is 85.3 cm³/mol. The Labute approximate surface area is 137 Å². The third kappa shape index (κ3) is 5.14. The maximum absolute atomic E-state index is 12.0. The molecule has 120 valence electrons. The van der Waals surface area contributed by atoms with E-state index in [-0.39, 0.29) is 11.8 Å². The van der Waals surface area contributed by atoms with Crippen LogP contribution in [0, 0.1) is 0 Å². The van der Waals surface area contributed by atoms with Crippen molar-refractivity contribution in [2.24, 2.45) is 0 Å². The van der Waals surface area contributed by atoms with Crippen LogP contribution >= 0.6 is 15.9 Å². The zero-order chi connectivity index (χ0) is 16.9. The van der Waals surface area contributed by atoms with Crippen LogP contribution in [0.1, 0.15) is 24.2 Å². The molecule has 0 aliphatic heterocycles. The van der Waals surface area contributed by atoms with Crippen molar-refractivity contribution in [3.63, 3.8) is 0 Å². The van der Waals surface area contributed by atoms with Gasteiger partial charge in [-0.25, -0.2) is 4.79 Å². The number of halogens is 1. The maximum atomic E-state index is 12.0. The summed E-state index contributed by atoms with van der Waals surface area (Å²) in [5.41, 5.74) is 0.431. The van der Waals surface area contributed by atoms with Gasteiger partial charge in [-0.1, -0.05) is 15.9 Å². The minimum atomic E-state index is -0.894. The zero-order valence-corrected chi connectivity index (χ0v) is 14.5. The molecule has 2 atom stereocenters. The van der Waals surface area contributed by atoms with Crippen LogP contribution < -0.4 is 5.32 Å². The van der Waals surface area contributed by atoms with Crippen molar-refractivity contribution >= 4 is 33.7 Å². The molecule has 0 fully saturated rings. The fourth-order valence-electron chi connectivity index (χ4n) is 1.63. The highest BCUT2D eigenvalue weighted by Crippen LogP contribution is 2.10. The normalized spacial score (nSPS) is 13.0. The van der Waals surface area contributed by atoms with Crippen molar-refractivity contribution in [3.8, 4) is 0 Å². The Bertz CT molecular complexity index is 557. The number of benzene rings is 1. The lowest BCUT2D eigenvalue weighted by atomic mass is 10.2. The Morgan fingerprint density at radius 1 is 1.14 bits per heavy atom. The molecule has 1 N–H and O–H groups in total. The molecule has 0 unspecified atom stereocenters. The molecule has 1 aromatic carbocycles. The topological polar surface area (TPSA) is 75.7 Å². The fraction of sp³-hybridized carbons (Fsp3) is 0.400. The Balaban J connectivity index is 2.58. The molecule has 1 aromatic rings. The third-order valence-corrected chi connectivity index (χ3v) is 3.42. The van der Waals surface area contributed by atoms with E-state index in [0.29, 0.717) is 5.56 Å². The first-order valence-corrected chi connectivity index (χ1v) is 7.49. The van der Waals surface area contributed by atoms with Gasteiger partial charge in [0.15, 0.2) is 6.10 Å². The van der Waals surface area contributed by atoms with E-state index < -0.39 is 18.1 Å². The van der Waals surface area contributed by atoms with Crippen LogP contribution in [0.15, 0.2) is 28.7 Å². The van der Waals surface area contributed by atoms with Gasteiger partial charge in [0.1, 0.15) is 6.04 Å². The molecule has 0 saturated carbocycles. The van der Waals surface area contributed by atoms with Crippen molar-refractivity contribution in [2.75, 3.05) is 14.1 Å². The number of hydrogen-bond acceptors (Lipinski definition) is 4. The number of nitrogens with one attached hydrogen (secondary N) is 1. The number of nitrogens with zero attached hydrogens (tertiary/aromatic N) is 1. The quantitative estimate of drug-likeness (QED) is 0.798. The summed E-state index contributed by atoms with van der Waals surface area (Å²) in [4.78, 5) is 36.8. The van der Waals surface area contributed by atoms with Crippen molar-refractivity contribution in [3.05, 3.63) is 34.3 Å². The molecule has 7 heteroatoms. The number of amides is 2. The summed E-state index contributed by atoms with van der Waals surface area (Å²) in [5.74, 6) is -1.36. The van der Waals surface area contributed by atoms with E-state index in [1.165, 1.54) is 18.7 Å². The Morgan fingerprint density at radius 3 is 2.18 bits per heavy atom. The lowest BCUT2D eigenvalue weighted by Gasteiger charge is -2.19. The van der Waals surface area contributed by atoms with Crippen molar-refractivity contribution in [2.45, 2.75) is 26.0 Å². The van der Waals surface area contributed by atoms with Crippen LogP contribution in [0.25, 0.3) is 0 Å². The molecule has 0 radical (unpaired) electrons. The van der Waals surface area contributed by atoms with Gasteiger partial charge >= 0.3 is 5.97 Å². The molecule has 0 aliphatic rings. The van der Waals surface area contributed by atoms with Gasteiger partial charge in [-0.15, -0.1) is 0 Å². The molecule has 0 aromatic heterocycles. The average Bonchev–Trinajstić information content (AvgIpc) is 2.46. The van der Waals surface area contributed by atoms with Gasteiger partial charge in [0.2, 0.25) is 0 Å². The second-order valence-corrected chi connectivity index (χ2v) is 5.93. The Hall–Kier alpha value is -1.89. The molecule has 2 amide bonds. The molecule has 6 nitrogen and oxygen atoms in total. The van der Waals surface area contributed by atoms with Crippen molar-refractivity contribution < 1.29 is 19.1 Å². The third-order valence-electron chi connectivity index (χ3n) is 2.89. The van der Waals surface area contributed by atoms with E-state index in [0.717, 1.165) is 4.47 Å². The van der Waals surface area contributed by atoms with Gasteiger partial charge in [0.25, 0.3) is 11.8 Å². The molecular weight excluding hydrogens is 352 g/mol. The van der Waals surface area contributed by atoms with E-state index in [4.69, 9.17) is 4.74 Å². The monoisotopic (exact) mass is 370 g/mol. The number of carbonyl (C=O) groups is 3. The number of esters is 1. The highest BCUT2D eigenvalue weighted by molar-refractivity contribution is 9.10. The largest absolute Gasteiger partial charge is 0.451 e. The molecule has 1 rings (SSSR count). The lowest BCUT2D eigenvalue weighted by molar-refractivity contribution is -0.159. The van der Waals surface area contributed by atoms with E-state index in [1.807, 2.05) is 0 Å². The van der Waals surface area contributed by atoms with Crippen LogP contribution in [0.2, 0.25) is 0 Å². The van der Waals surface area contributed by atoms with Gasteiger partial charge in [0.05, 0.1) is 0 Å². The summed E-state index contributed by atoms with van der Waals surface area (Å²) in [6, 6.07) is 5.88. The minimum Gasteiger partial charge on any atom is -0.451 e. The summed E-state index contributed by atoms with van der Waals surface area (Å²) in [6.07, 6.45) is -0.894. The van der Waals surface area contributed by atoms with Gasteiger partial charge < -0.3 is 15.0 Å². The SMILES string of the molecule is C[C@H](NC(=O)c1ccc(Br)cc1)C(=O)O[C@H](C)C(=O)N(C)C. The van der Waals surface area contributed by atoms with Gasteiger partial charge in [0, 0.05) is 24.1 Å². The van der Waals surface area contributed by atoms with E-state index in [2.05, 4.69) is 21.2 Å². The maximum Gasteiger partial charge on any atom is 0.329 e. The molecule has 0 spiro atoms. The van der Waals surface area contributed by atoms with Gasteiger partial charge in [-0.2, -0.15) is 0 Å². The van der Waals surface area contributed by atoms with Crippen molar-refractivity contribution in [1.29, 1.82) is 0 Å². The van der Waals surface area contributed by atoms with E-state index in [1.54, 1.807) is 38.4 Å². The fourth-order valence-corrected chi connectivity index (χ4v) is 1.89. The first-order chi connectivity index (χ1) is 10.2. The minimum absolute atomic E-state index is 0.320. The summed E-state index contributed by atoms with van der Waals surface area (Å²) >= 11 is 3.28. The van der Waals surface area contributed by atoms with E-state index in [9.17, 15) is 14.4 Å². The summed E-state index contributed by atoms with van der Waals surface area (Å²) in [6.45, 7) is 3.00. The molecule has 0 bridgehead atoms. The average molecular weight is 371 g/mol.